The zero-order chi connectivity index (χ0) is 12.3. The van der Waals surface area contributed by atoms with Crippen LogP contribution in [0, 0.1) is 13.7 Å². The molecule has 1 rings (SSSR count). The van der Waals surface area contributed by atoms with Crippen molar-refractivity contribution in [2.45, 2.75) is 19.4 Å². The maximum absolute atomic E-state index is 10.5. The normalized spacial score (nSPS) is 11.2. The number of anilines is 1. The number of hydrogen-bond acceptors (Lipinski definition) is 4. The summed E-state index contributed by atoms with van der Waals surface area (Å²) in [4.78, 5) is 10.1. The Bertz CT molecular complexity index is 402. The van der Waals surface area contributed by atoms with E-state index in [2.05, 4.69) is 5.32 Å². The van der Waals surface area contributed by atoms with Crippen molar-refractivity contribution >= 4 is 34.0 Å². The Morgan fingerprint density at radius 1 is 1.56 bits per heavy atom. The Morgan fingerprint density at radius 3 is 2.62 bits per heavy atom. The highest BCUT2D eigenvalue weighted by molar-refractivity contribution is 14.1. The predicted octanol–water partition coefficient (Wildman–Crippen LogP) is 2.38. The molecule has 88 valence electrons. The summed E-state index contributed by atoms with van der Waals surface area (Å²) < 4.78 is 0.760. The number of aliphatic hydroxyl groups is 1. The molecular weight excluding hydrogens is 323 g/mol. The fourth-order valence-electron chi connectivity index (χ4n) is 1.07. The summed E-state index contributed by atoms with van der Waals surface area (Å²) in [5.74, 6) is 0. The average Bonchev–Trinajstić information content (AvgIpc) is 2.14. The molecule has 0 aliphatic heterocycles. The molecule has 0 spiro atoms. The van der Waals surface area contributed by atoms with Gasteiger partial charge in [0.2, 0.25) is 0 Å². The van der Waals surface area contributed by atoms with Crippen molar-refractivity contribution in [2.24, 2.45) is 0 Å². The predicted molar refractivity (Wildman–Crippen MR) is 70.6 cm³/mol. The smallest absolute Gasteiger partial charge is 0.270 e. The van der Waals surface area contributed by atoms with Crippen molar-refractivity contribution in [3.05, 3.63) is 31.9 Å². The molecule has 0 heterocycles. The van der Waals surface area contributed by atoms with Gasteiger partial charge in [0.1, 0.15) is 0 Å². The van der Waals surface area contributed by atoms with Gasteiger partial charge in [-0.25, -0.2) is 0 Å². The van der Waals surface area contributed by atoms with Crippen molar-refractivity contribution in [1.82, 2.24) is 0 Å². The van der Waals surface area contributed by atoms with Crippen LogP contribution in [0.4, 0.5) is 11.4 Å². The summed E-state index contributed by atoms with van der Waals surface area (Å²) in [6.07, 6.45) is 0. The molecule has 0 fully saturated rings. The van der Waals surface area contributed by atoms with Crippen LogP contribution in [0.3, 0.4) is 0 Å². The molecule has 0 saturated carbocycles. The number of nitro groups is 1. The van der Waals surface area contributed by atoms with Gasteiger partial charge in [-0.15, -0.1) is 0 Å². The second-order valence-corrected chi connectivity index (χ2v) is 5.25. The van der Waals surface area contributed by atoms with Gasteiger partial charge in [0.25, 0.3) is 5.69 Å². The summed E-state index contributed by atoms with van der Waals surface area (Å²) in [7, 11) is 0. The van der Waals surface area contributed by atoms with Crippen molar-refractivity contribution in [3.63, 3.8) is 0 Å². The van der Waals surface area contributed by atoms with Crippen molar-refractivity contribution in [3.8, 4) is 0 Å². The highest BCUT2D eigenvalue weighted by Gasteiger charge is 2.14. The van der Waals surface area contributed by atoms with Crippen LogP contribution in [0.2, 0.25) is 0 Å². The van der Waals surface area contributed by atoms with Crippen LogP contribution in [0.1, 0.15) is 13.8 Å². The first-order valence-electron chi connectivity index (χ1n) is 4.70. The molecular formula is C10H13IN2O3. The fourth-order valence-corrected chi connectivity index (χ4v) is 1.76. The van der Waals surface area contributed by atoms with Gasteiger partial charge in [-0.1, -0.05) is 0 Å². The van der Waals surface area contributed by atoms with Crippen molar-refractivity contribution in [1.29, 1.82) is 0 Å². The molecule has 5 nitrogen and oxygen atoms in total. The summed E-state index contributed by atoms with van der Waals surface area (Å²) in [6, 6.07) is 4.58. The van der Waals surface area contributed by atoms with E-state index in [1.807, 2.05) is 22.6 Å². The molecule has 0 aliphatic carbocycles. The lowest BCUT2D eigenvalue weighted by molar-refractivity contribution is -0.384. The lowest BCUT2D eigenvalue weighted by Crippen LogP contribution is -2.29. The molecule has 6 heteroatoms. The zero-order valence-electron chi connectivity index (χ0n) is 9.03. The van der Waals surface area contributed by atoms with Crippen molar-refractivity contribution in [2.75, 3.05) is 11.9 Å². The third-order valence-electron chi connectivity index (χ3n) is 1.87. The molecule has 0 aromatic heterocycles. The number of non-ortho nitro benzene ring substituents is 1. The van der Waals surface area contributed by atoms with Gasteiger partial charge in [0, 0.05) is 27.9 Å². The largest absolute Gasteiger partial charge is 0.389 e. The van der Waals surface area contributed by atoms with E-state index >= 15 is 0 Å². The maximum atomic E-state index is 10.5. The number of nitrogens with zero attached hydrogens (tertiary/aromatic N) is 1. The van der Waals surface area contributed by atoms with Gasteiger partial charge in [-0.05, 0) is 42.5 Å². The molecule has 0 bridgehead atoms. The van der Waals surface area contributed by atoms with Crippen LogP contribution in [-0.4, -0.2) is 22.2 Å². The van der Waals surface area contributed by atoms with E-state index in [-0.39, 0.29) is 5.69 Å². The van der Waals surface area contributed by atoms with Crippen LogP contribution in [-0.2, 0) is 0 Å². The van der Waals surface area contributed by atoms with E-state index in [0.717, 1.165) is 9.26 Å². The van der Waals surface area contributed by atoms with Gasteiger partial charge < -0.3 is 10.4 Å². The molecule has 0 amide bonds. The summed E-state index contributed by atoms with van der Waals surface area (Å²) >= 11 is 2.02. The van der Waals surface area contributed by atoms with Gasteiger partial charge >= 0.3 is 0 Å². The van der Waals surface area contributed by atoms with E-state index in [4.69, 9.17) is 0 Å². The van der Waals surface area contributed by atoms with Crippen LogP contribution >= 0.6 is 22.6 Å². The molecule has 0 unspecified atom stereocenters. The van der Waals surface area contributed by atoms with Crippen LogP contribution in [0.5, 0.6) is 0 Å². The molecule has 0 saturated heterocycles. The Balaban J connectivity index is 2.80. The van der Waals surface area contributed by atoms with Gasteiger partial charge in [-0.2, -0.15) is 0 Å². The first-order valence-corrected chi connectivity index (χ1v) is 5.78. The van der Waals surface area contributed by atoms with E-state index in [0.29, 0.717) is 6.54 Å². The Hall–Kier alpha value is -0.890. The fraction of sp³-hybridized carbons (Fsp3) is 0.400. The molecule has 1 aromatic carbocycles. The number of nitrogens with one attached hydrogen (secondary N) is 1. The molecule has 2 N–H and O–H groups in total. The number of halogens is 1. The van der Waals surface area contributed by atoms with Crippen molar-refractivity contribution < 1.29 is 10.0 Å². The molecule has 0 atom stereocenters. The Labute approximate surface area is 107 Å². The van der Waals surface area contributed by atoms with Crippen LogP contribution in [0.25, 0.3) is 0 Å². The van der Waals surface area contributed by atoms with Crippen LogP contribution in [0.15, 0.2) is 18.2 Å². The summed E-state index contributed by atoms with van der Waals surface area (Å²) in [5, 5.41) is 23.1. The minimum Gasteiger partial charge on any atom is -0.389 e. The van der Waals surface area contributed by atoms with Gasteiger partial charge in [0.05, 0.1) is 10.5 Å². The quantitative estimate of drug-likeness (QED) is 0.503. The minimum absolute atomic E-state index is 0.0678. The minimum atomic E-state index is -0.815. The third kappa shape index (κ3) is 3.93. The van der Waals surface area contributed by atoms with E-state index in [1.165, 1.54) is 12.1 Å². The second kappa shape index (κ2) is 4.96. The number of nitro benzene ring substituents is 1. The first-order chi connectivity index (χ1) is 7.29. The highest BCUT2D eigenvalue weighted by atomic mass is 127. The summed E-state index contributed by atoms with van der Waals surface area (Å²) in [5.41, 5.74) is 0.0386. The van der Waals surface area contributed by atoms with E-state index < -0.39 is 10.5 Å². The topological polar surface area (TPSA) is 75.4 Å². The molecule has 0 aliphatic rings. The molecule has 0 radical (unpaired) electrons. The van der Waals surface area contributed by atoms with Gasteiger partial charge in [-0.3, -0.25) is 10.1 Å². The SMILES string of the molecule is CC(C)(O)CNc1ccc([N+](=O)[O-])cc1I. The monoisotopic (exact) mass is 336 g/mol. The number of benzene rings is 1. The molecule has 16 heavy (non-hydrogen) atoms. The Morgan fingerprint density at radius 2 is 2.19 bits per heavy atom. The first kappa shape index (κ1) is 13.2. The highest BCUT2D eigenvalue weighted by Crippen LogP contribution is 2.23. The molecule has 1 aromatic rings. The lowest BCUT2D eigenvalue weighted by Gasteiger charge is -2.19. The van der Waals surface area contributed by atoms with E-state index in [1.54, 1.807) is 19.9 Å². The average molecular weight is 336 g/mol. The maximum Gasteiger partial charge on any atom is 0.270 e. The Kier molecular flexibility index (Phi) is 4.09. The second-order valence-electron chi connectivity index (χ2n) is 4.09. The zero-order valence-corrected chi connectivity index (χ0v) is 11.2. The third-order valence-corrected chi connectivity index (χ3v) is 2.77. The lowest BCUT2D eigenvalue weighted by atomic mass is 10.1. The number of hydrogen-bond donors (Lipinski definition) is 2. The van der Waals surface area contributed by atoms with E-state index in [9.17, 15) is 15.2 Å². The standard InChI is InChI=1S/C10H13IN2O3/c1-10(2,14)6-12-9-4-3-7(13(15)16)5-8(9)11/h3-5,12,14H,6H2,1-2H3. The number of rotatable bonds is 4. The van der Waals surface area contributed by atoms with Gasteiger partial charge in [0.15, 0.2) is 0 Å². The van der Waals surface area contributed by atoms with Crippen LogP contribution < -0.4 is 5.32 Å². The summed E-state index contributed by atoms with van der Waals surface area (Å²) in [6.45, 7) is 3.78.